The SMILES string of the molecule is CCC(c1ccc(C)cc1)N1CCCCC1CN. The summed E-state index contributed by atoms with van der Waals surface area (Å²) >= 11 is 0. The average molecular weight is 246 g/mol. The zero-order valence-corrected chi connectivity index (χ0v) is 11.7. The Morgan fingerprint density at radius 3 is 2.61 bits per heavy atom. The van der Waals surface area contributed by atoms with Gasteiger partial charge in [0.1, 0.15) is 0 Å². The minimum Gasteiger partial charge on any atom is -0.329 e. The van der Waals surface area contributed by atoms with Gasteiger partial charge in [-0.3, -0.25) is 4.90 Å². The summed E-state index contributed by atoms with van der Waals surface area (Å²) in [6, 6.07) is 10.1. The van der Waals surface area contributed by atoms with Crippen molar-refractivity contribution in [1.29, 1.82) is 0 Å². The van der Waals surface area contributed by atoms with Crippen molar-refractivity contribution < 1.29 is 0 Å². The van der Waals surface area contributed by atoms with Crippen molar-refractivity contribution in [3.05, 3.63) is 35.4 Å². The first kappa shape index (κ1) is 13.6. The summed E-state index contributed by atoms with van der Waals surface area (Å²) in [5.41, 5.74) is 8.73. The number of hydrogen-bond acceptors (Lipinski definition) is 2. The third kappa shape index (κ3) is 2.93. The molecule has 1 fully saturated rings. The van der Waals surface area contributed by atoms with Gasteiger partial charge in [-0.15, -0.1) is 0 Å². The highest BCUT2D eigenvalue weighted by atomic mass is 15.2. The normalized spacial score (nSPS) is 22.9. The number of hydrogen-bond donors (Lipinski definition) is 1. The van der Waals surface area contributed by atoms with E-state index >= 15 is 0 Å². The Labute approximate surface area is 111 Å². The van der Waals surface area contributed by atoms with Gasteiger partial charge in [0.25, 0.3) is 0 Å². The molecule has 0 saturated carbocycles. The Kier molecular flexibility index (Phi) is 4.79. The summed E-state index contributed by atoms with van der Waals surface area (Å²) in [5.74, 6) is 0. The second kappa shape index (κ2) is 6.35. The zero-order chi connectivity index (χ0) is 13.0. The van der Waals surface area contributed by atoms with E-state index in [1.165, 1.54) is 43.4 Å². The van der Waals surface area contributed by atoms with E-state index in [0.29, 0.717) is 12.1 Å². The lowest BCUT2D eigenvalue weighted by molar-refractivity contribution is 0.0959. The van der Waals surface area contributed by atoms with Crippen LogP contribution in [0, 0.1) is 6.92 Å². The summed E-state index contributed by atoms with van der Waals surface area (Å²) in [6.45, 7) is 6.43. The van der Waals surface area contributed by atoms with Crippen molar-refractivity contribution in [2.45, 2.75) is 51.6 Å². The van der Waals surface area contributed by atoms with Gasteiger partial charge in [0.2, 0.25) is 0 Å². The van der Waals surface area contributed by atoms with Crippen LogP contribution in [-0.4, -0.2) is 24.0 Å². The fourth-order valence-corrected chi connectivity index (χ4v) is 3.14. The maximum absolute atomic E-state index is 5.95. The molecule has 2 atom stereocenters. The summed E-state index contributed by atoms with van der Waals surface area (Å²) in [7, 11) is 0. The Morgan fingerprint density at radius 1 is 1.28 bits per heavy atom. The van der Waals surface area contributed by atoms with E-state index in [1.807, 2.05) is 0 Å². The highest BCUT2D eigenvalue weighted by Crippen LogP contribution is 2.30. The van der Waals surface area contributed by atoms with Gasteiger partial charge in [0, 0.05) is 18.6 Å². The molecular weight excluding hydrogens is 220 g/mol. The number of nitrogens with zero attached hydrogens (tertiary/aromatic N) is 1. The van der Waals surface area contributed by atoms with Crippen molar-refractivity contribution in [2.24, 2.45) is 5.73 Å². The van der Waals surface area contributed by atoms with Gasteiger partial charge < -0.3 is 5.73 Å². The van der Waals surface area contributed by atoms with E-state index in [9.17, 15) is 0 Å². The fourth-order valence-electron chi connectivity index (χ4n) is 3.14. The van der Waals surface area contributed by atoms with Crippen LogP contribution >= 0.6 is 0 Å². The molecule has 2 heteroatoms. The first-order chi connectivity index (χ1) is 8.76. The van der Waals surface area contributed by atoms with Crippen LogP contribution in [0.2, 0.25) is 0 Å². The number of aryl methyl sites for hydroxylation is 1. The molecule has 1 heterocycles. The molecule has 0 amide bonds. The molecule has 1 aromatic rings. The van der Waals surface area contributed by atoms with Crippen molar-refractivity contribution in [2.75, 3.05) is 13.1 Å². The van der Waals surface area contributed by atoms with E-state index in [0.717, 1.165) is 6.54 Å². The molecule has 0 radical (unpaired) electrons. The van der Waals surface area contributed by atoms with Gasteiger partial charge >= 0.3 is 0 Å². The molecule has 2 N–H and O–H groups in total. The van der Waals surface area contributed by atoms with Gasteiger partial charge in [0.05, 0.1) is 0 Å². The number of likely N-dealkylation sites (tertiary alicyclic amines) is 1. The first-order valence-corrected chi connectivity index (χ1v) is 7.28. The van der Waals surface area contributed by atoms with Crippen LogP contribution in [0.1, 0.15) is 49.8 Å². The summed E-state index contributed by atoms with van der Waals surface area (Å²) < 4.78 is 0. The van der Waals surface area contributed by atoms with Gasteiger partial charge in [-0.1, -0.05) is 43.2 Å². The Hall–Kier alpha value is -0.860. The van der Waals surface area contributed by atoms with Crippen molar-refractivity contribution in [3.8, 4) is 0 Å². The standard InChI is InChI=1S/C16H26N2/c1-3-16(14-9-7-13(2)8-10-14)18-11-5-4-6-15(18)12-17/h7-10,15-16H,3-6,11-12,17H2,1-2H3. The fraction of sp³-hybridized carbons (Fsp3) is 0.625. The zero-order valence-electron chi connectivity index (χ0n) is 11.7. The quantitative estimate of drug-likeness (QED) is 0.883. The van der Waals surface area contributed by atoms with Crippen LogP contribution in [0.4, 0.5) is 0 Å². The largest absolute Gasteiger partial charge is 0.329 e. The van der Waals surface area contributed by atoms with Gasteiger partial charge in [-0.05, 0) is 38.3 Å². The second-order valence-electron chi connectivity index (χ2n) is 5.46. The molecule has 0 aromatic heterocycles. The van der Waals surface area contributed by atoms with E-state index in [2.05, 4.69) is 43.0 Å². The average Bonchev–Trinajstić information content (AvgIpc) is 2.42. The molecular formula is C16H26N2. The lowest BCUT2D eigenvalue weighted by atomic mass is 9.94. The van der Waals surface area contributed by atoms with Crippen LogP contribution in [0.5, 0.6) is 0 Å². The van der Waals surface area contributed by atoms with E-state index in [4.69, 9.17) is 5.73 Å². The Bertz CT molecular complexity index is 358. The Balaban J connectivity index is 2.18. The van der Waals surface area contributed by atoms with Crippen LogP contribution in [0.3, 0.4) is 0 Å². The molecule has 0 bridgehead atoms. The molecule has 18 heavy (non-hydrogen) atoms. The summed E-state index contributed by atoms with van der Waals surface area (Å²) in [5, 5.41) is 0. The number of benzene rings is 1. The lowest BCUT2D eigenvalue weighted by Crippen LogP contribution is -2.45. The topological polar surface area (TPSA) is 29.3 Å². The molecule has 2 rings (SSSR count). The van der Waals surface area contributed by atoms with E-state index in [1.54, 1.807) is 0 Å². The Morgan fingerprint density at radius 2 is 2.00 bits per heavy atom. The molecule has 2 nitrogen and oxygen atoms in total. The molecule has 0 spiro atoms. The molecule has 1 aliphatic heterocycles. The van der Waals surface area contributed by atoms with E-state index < -0.39 is 0 Å². The molecule has 1 aliphatic rings. The molecule has 1 saturated heterocycles. The molecule has 0 aliphatic carbocycles. The monoisotopic (exact) mass is 246 g/mol. The van der Waals surface area contributed by atoms with Crippen LogP contribution < -0.4 is 5.73 Å². The maximum Gasteiger partial charge on any atom is 0.0348 e. The van der Waals surface area contributed by atoms with Gasteiger partial charge in [0.15, 0.2) is 0 Å². The third-order valence-corrected chi connectivity index (χ3v) is 4.19. The number of rotatable bonds is 4. The summed E-state index contributed by atoms with van der Waals surface area (Å²) in [4.78, 5) is 2.63. The van der Waals surface area contributed by atoms with Crippen molar-refractivity contribution >= 4 is 0 Å². The predicted molar refractivity (Wildman–Crippen MR) is 77.6 cm³/mol. The smallest absolute Gasteiger partial charge is 0.0348 e. The van der Waals surface area contributed by atoms with E-state index in [-0.39, 0.29) is 0 Å². The van der Waals surface area contributed by atoms with Crippen LogP contribution in [-0.2, 0) is 0 Å². The minimum atomic E-state index is 0.541. The minimum absolute atomic E-state index is 0.541. The molecule has 2 unspecified atom stereocenters. The lowest BCUT2D eigenvalue weighted by Gasteiger charge is -2.40. The van der Waals surface area contributed by atoms with Crippen molar-refractivity contribution in [3.63, 3.8) is 0 Å². The summed E-state index contributed by atoms with van der Waals surface area (Å²) in [6.07, 6.45) is 5.08. The third-order valence-electron chi connectivity index (χ3n) is 4.19. The van der Waals surface area contributed by atoms with Crippen LogP contribution in [0.25, 0.3) is 0 Å². The number of nitrogens with two attached hydrogens (primary N) is 1. The van der Waals surface area contributed by atoms with Gasteiger partial charge in [-0.2, -0.15) is 0 Å². The second-order valence-corrected chi connectivity index (χ2v) is 5.46. The molecule has 1 aromatic carbocycles. The van der Waals surface area contributed by atoms with Crippen LogP contribution in [0.15, 0.2) is 24.3 Å². The highest BCUT2D eigenvalue weighted by Gasteiger charge is 2.27. The maximum atomic E-state index is 5.95. The van der Waals surface area contributed by atoms with Crippen molar-refractivity contribution in [1.82, 2.24) is 4.90 Å². The first-order valence-electron chi connectivity index (χ1n) is 7.28. The predicted octanol–water partition coefficient (Wildman–Crippen LogP) is 3.26. The van der Waals surface area contributed by atoms with Gasteiger partial charge in [-0.25, -0.2) is 0 Å². The highest BCUT2D eigenvalue weighted by molar-refractivity contribution is 5.24. The number of piperidine rings is 1. The molecule has 100 valence electrons.